The molecule has 2 rings (SSSR count). The number of nitrogens with two attached hydrogens (primary N) is 1. The van der Waals surface area contributed by atoms with Crippen molar-refractivity contribution in [1.29, 1.82) is 0 Å². The topological polar surface area (TPSA) is 53.7 Å². The van der Waals surface area contributed by atoms with Gasteiger partial charge in [0.05, 0.1) is 23.3 Å². The fourth-order valence-electron chi connectivity index (χ4n) is 2.17. The van der Waals surface area contributed by atoms with Crippen LogP contribution in [0.2, 0.25) is 5.02 Å². The molecule has 1 aliphatic rings. The Kier molecular flexibility index (Phi) is 4.09. The van der Waals surface area contributed by atoms with E-state index in [0.29, 0.717) is 17.3 Å². The van der Waals surface area contributed by atoms with Crippen LogP contribution in [0.25, 0.3) is 0 Å². The fraction of sp³-hybridized carbons (Fsp3) is 0.571. The highest BCUT2D eigenvalue weighted by Crippen LogP contribution is 2.37. The predicted molar refractivity (Wildman–Crippen MR) is 81.6 cm³/mol. The van der Waals surface area contributed by atoms with Gasteiger partial charge in [0, 0.05) is 12.1 Å². The van der Waals surface area contributed by atoms with E-state index in [9.17, 15) is 0 Å². The highest BCUT2D eigenvalue weighted by atomic mass is 35.5. The molecule has 1 fully saturated rings. The van der Waals surface area contributed by atoms with Gasteiger partial charge in [-0.05, 0) is 39.2 Å². The molecule has 20 heavy (non-hydrogen) atoms. The third kappa shape index (κ3) is 2.55. The molecule has 2 N–H and O–H groups in total. The van der Waals surface area contributed by atoms with E-state index in [0.717, 1.165) is 11.0 Å². The van der Waals surface area contributed by atoms with E-state index < -0.39 is 7.12 Å². The summed E-state index contributed by atoms with van der Waals surface area (Å²) < 4.78 is 17.3. The SMILES string of the molecule is COc1c(Cl)cc(B2OC(C)(C)C(C)(C)O2)cc1CN. The first-order chi connectivity index (χ1) is 9.21. The van der Waals surface area contributed by atoms with Crippen molar-refractivity contribution < 1.29 is 14.0 Å². The van der Waals surface area contributed by atoms with Gasteiger partial charge in [0.1, 0.15) is 5.75 Å². The molecule has 0 radical (unpaired) electrons. The van der Waals surface area contributed by atoms with E-state index in [2.05, 4.69) is 0 Å². The molecule has 1 aromatic rings. The summed E-state index contributed by atoms with van der Waals surface area (Å²) in [5.41, 5.74) is 6.68. The largest absolute Gasteiger partial charge is 0.495 e. The van der Waals surface area contributed by atoms with Gasteiger partial charge in [-0.15, -0.1) is 0 Å². The summed E-state index contributed by atoms with van der Waals surface area (Å²) in [5.74, 6) is 0.606. The molecule has 0 saturated carbocycles. The molecule has 1 aromatic carbocycles. The van der Waals surface area contributed by atoms with Gasteiger partial charge in [-0.1, -0.05) is 17.7 Å². The molecular formula is C14H21BClNO3. The Morgan fingerprint density at radius 3 is 2.20 bits per heavy atom. The van der Waals surface area contributed by atoms with E-state index in [-0.39, 0.29) is 11.2 Å². The summed E-state index contributed by atoms with van der Waals surface area (Å²) in [6, 6.07) is 3.73. The van der Waals surface area contributed by atoms with Crippen molar-refractivity contribution >= 4 is 24.2 Å². The average Bonchev–Trinajstić information content (AvgIpc) is 2.57. The minimum Gasteiger partial charge on any atom is -0.495 e. The summed E-state index contributed by atoms with van der Waals surface area (Å²) >= 11 is 6.24. The number of ether oxygens (including phenoxy) is 1. The Bertz CT molecular complexity index is 503. The maximum absolute atomic E-state index is 6.24. The van der Waals surface area contributed by atoms with Gasteiger partial charge in [0.2, 0.25) is 0 Å². The lowest BCUT2D eigenvalue weighted by molar-refractivity contribution is 0.00578. The molecule has 0 atom stereocenters. The zero-order valence-corrected chi connectivity index (χ0v) is 13.4. The third-order valence-corrected chi connectivity index (χ3v) is 4.37. The van der Waals surface area contributed by atoms with Gasteiger partial charge in [-0.25, -0.2) is 0 Å². The van der Waals surface area contributed by atoms with Crippen molar-refractivity contribution in [2.75, 3.05) is 7.11 Å². The monoisotopic (exact) mass is 297 g/mol. The minimum absolute atomic E-state index is 0.343. The molecule has 6 heteroatoms. The number of hydrogen-bond donors (Lipinski definition) is 1. The summed E-state index contributed by atoms with van der Waals surface area (Å²) in [4.78, 5) is 0. The average molecular weight is 298 g/mol. The van der Waals surface area contributed by atoms with Crippen molar-refractivity contribution in [3.05, 3.63) is 22.7 Å². The van der Waals surface area contributed by atoms with Crippen molar-refractivity contribution in [1.82, 2.24) is 0 Å². The first kappa shape index (κ1) is 15.6. The third-order valence-electron chi connectivity index (χ3n) is 4.09. The van der Waals surface area contributed by atoms with Crippen LogP contribution in [0.4, 0.5) is 0 Å². The molecule has 4 nitrogen and oxygen atoms in total. The number of rotatable bonds is 3. The molecular weight excluding hydrogens is 276 g/mol. The molecule has 0 aromatic heterocycles. The molecule has 0 amide bonds. The molecule has 0 spiro atoms. The zero-order valence-electron chi connectivity index (χ0n) is 12.6. The highest BCUT2D eigenvalue weighted by Gasteiger charge is 2.51. The Morgan fingerprint density at radius 2 is 1.75 bits per heavy atom. The van der Waals surface area contributed by atoms with Gasteiger partial charge >= 0.3 is 7.12 Å². The number of benzene rings is 1. The van der Waals surface area contributed by atoms with E-state index in [1.165, 1.54) is 0 Å². The summed E-state index contributed by atoms with van der Waals surface area (Å²) in [5, 5.41) is 0.514. The van der Waals surface area contributed by atoms with Crippen LogP contribution in [0.3, 0.4) is 0 Å². The molecule has 1 saturated heterocycles. The van der Waals surface area contributed by atoms with Crippen LogP contribution in [0.1, 0.15) is 33.3 Å². The molecule has 110 valence electrons. The van der Waals surface area contributed by atoms with Gasteiger partial charge in [0.25, 0.3) is 0 Å². The number of methoxy groups -OCH3 is 1. The lowest BCUT2D eigenvalue weighted by atomic mass is 9.78. The molecule has 0 unspecified atom stereocenters. The Hall–Kier alpha value is -0.745. The number of halogens is 1. The van der Waals surface area contributed by atoms with Crippen molar-refractivity contribution in [2.45, 2.75) is 45.4 Å². The van der Waals surface area contributed by atoms with Gasteiger partial charge < -0.3 is 19.8 Å². The summed E-state index contributed by atoms with van der Waals surface area (Å²) in [6.07, 6.45) is 0. The second-order valence-corrected chi connectivity index (χ2v) is 6.39. The first-order valence-corrected chi connectivity index (χ1v) is 7.01. The standard InChI is InChI=1S/C14H21BClNO3/c1-13(2)14(3,4)20-15(19-13)10-6-9(8-17)12(18-5)11(16)7-10/h6-7H,8,17H2,1-5H3. The lowest BCUT2D eigenvalue weighted by Crippen LogP contribution is -2.41. The second-order valence-electron chi connectivity index (χ2n) is 5.99. The van der Waals surface area contributed by atoms with E-state index in [1.54, 1.807) is 7.11 Å². The first-order valence-electron chi connectivity index (χ1n) is 6.64. The Labute approximate surface area is 125 Å². The van der Waals surface area contributed by atoms with Gasteiger partial charge in [-0.2, -0.15) is 0 Å². The Morgan fingerprint density at radius 1 is 1.20 bits per heavy atom. The molecule has 0 bridgehead atoms. The van der Waals surface area contributed by atoms with Crippen LogP contribution >= 0.6 is 11.6 Å². The summed E-state index contributed by atoms with van der Waals surface area (Å²) in [6.45, 7) is 8.41. The fourth-order valence-corrected chi connectivity index (χ4v) is 2.49. The smallest absolute Gasteiger partial charge is 0.494 e. The highest BCUT2D eigenvalue weighted by molar-refractivity contribution is 6.62. The number of hydrogen-bond acceptors (Lipinski definition) is 4. The maximum atomic E-state index is 6.24. The van der Waals surface area contributed by atoms with Crippen molar-refractivity contribution in [3.8, 4) is 5.75 Å². The maximum Gasteiger partial charge on any atom is 0.494 e. The molecule has 1 heterocycles. The van der Waals surface area contributed by atoms with Crippen LogP contribution in [0.15, 0.2) is 12.1 Å². The normalized spacial score (nSPS) is 20.2. The zero-order chi connectivity index (χ0) is 15.1. The minimum atomic E-state index is -0.450. The van der Waals surface area contributed by atoms with E-state index in [1.807, 2.05) is 39.8 Å². The lowest BCUT2D eigenvalue weighted by Gasteiger charge is -2.32. The van der Waals surface area contributed by atoms with Crippen LogP contribution in [-0.2, 0) is 15.9 Å². The second kappa shape index (κ2) is 5.22. The van der Waals surface area contributed by atoms with Crippen LogP contribution in [-0.4, -0.2) is 25.4 Å². The molecule has 0 aliphatic carbocycles. The molecule has 1 aliphatic heterocycles. The van der Waals surface area contributed by atoms with E-state index in [4.69, 9.17) is 31.4 Å². The van der Waals surface area contributed by atoms with Crippen molar-refractivity contribution in [3.63, 3.8) is 0 Å². The van der Waals surface area contributed by atoms with Crippen molar-refractivity contribution in [2.24, 2.45) is 5.73 Å². The Balaban J connectivity index is 2.38. The summed E-state index contributed by atoms with van der Waals surface area (Å²) in [7, 11) is 1.13. The van der Waals surface area contributed by atoms with Crippen LogP contribution < -0.4 is 15.9 Å². The predicted octanol–water partition coefficient (Wildman–Crippen LogP) is 2.11. The van der Waals surface area contributed by atoms with Gasteiger partial charge in [-0.3, -0.25) is 0 Å². The van der Waals surface area contributed by atoms with E-state index >= 15 is 0 Å². The van der Waals surface area contributed by atoms with Crippen LogP contribution in [0, 0.1) is 0 Å². The van der Waals surface area contributed by atoms with Crippen LogP contribution in [0.5, 0.6) is 5.75 Å². The van der Waals surface area contributed by atoms with Gasteiger partial charge in [0.15, 0.2) is 0 Å². The quantitative estimate of drug-likeness (QED) is 0.868.